The lowest BCUT2D eigenvalue weighted by Crippen LogP contribution is -2.11. The molecular formula is C10H14N2O2. The van der Waals surface area contributed by atoms with Crippen molar-refractivity contribution in [2.24, 2.45) is 5.92 Å². The van der Waals surface area contributed by atoms with Gasteiger partial charge in [0.05, 0.1) is 5.92 Å². The largest absolute Gasteiger partial charge is 0.481 e. The van der Waals surface area contributed by atoms with Gasteiger partial charge in [0.1, 0.15) is 5.82 Å². The molecule has 1 aromatic heterocycles. The summed E-state index contributed by atoms with van der Waals surface area (Å²) in [6, 6.07) is 0.332. The van der Waals surface area contributed by atoms with Gasteiger partial charge in [0.2, 0.25) is 0 Å². The number of nitrogens with zero attached hydrogens (tertiary/aromatic N) is 2. The van der Waals surface area contributed by atoms with Crippen molar-refractivity contribution in [3.63, 3.8) is 0 Å². The molecule has 0 aromatic carbocycles. The predicted molar refractivity (Wildman–Crippen MR) is 51.0 cm³/mol. The van der Waals surface area contributed by atoms with Gasteiger partial charge in [-0.1, -0.05) is 0 Å². The van der Waals surface area contributed by atoms with E-state index in [9.17, 15) is 4.79 Å². The van der Waals surface area contributed by atoms with Gasteiger partial charge < -0.3 is 9.67 Å². The summed E-state index contributed by atoms with van der Waals surface area (Å²) in [7, 11) is 0. The Kier molecular flexibility index (Phi) is 2.27. The van der Waals surface area contributed by atoms with Gasteiger partial charge in [-0.25, -0.2) is 4.98 Å². The van der Waals surface area contributed by atoms with Crippen molar-refractivity contribution in [2.75, 3.05) is 0 Å². The van der Waals surface area contributed by atoms with Crippen LogP contribution in [-0.4, -0.2) is 20.6 Å². The first-order chi connectivity index (χ1) is 6.68. The van der Waals surface area contributed by atoms with Crippen LogP contribution in [0.1, 0.15) is 31.1 Å². The molecule has 1 aliphatic carbocycles. The Morgan fingerprint density at radius 1 is 1.64 bits per heavy atom. The van der Waals surface area contributed by atoms with Crippen LogP contribution in [0.5, 0.6) is 0 Å². The summed E-state index contributed by atoms with van der Waals surface area (Å²) in [5.74, 6) is 0.146. The van der Waals surface area contributed by atoms with Crippen molar-refractivity contribution in [2.45, 2.75) is 32.2 Å². The van der Waals surface area contributed by atoms with Gasteiger partial charge in [-0.3, -0.25) is 4.79 Å². The van der Waals surface area contributed by atoms with E-state index >= 15 is 0 Å². The predicted octanol–water partition coefficient (Wildman–Crippen LogP) is 1.62. The number of aromatic nitrogens is 2. The summed E-state index contributed by atoms with van der Waals surface area (Å²) in [6.45, 7) is 1.95. The lowest BCUT2D eigenvalue weighted by Gasteiger charge is -2.13. The fourth-order valence-corrected chi connectivity index (χ4v) is 2.21. The number of carboxylic acid groups (broad SMARTS) is 1. The smallest absolute Gasteiger partial charge is 0.306 e. The third-order valence-corrected chi connectivity index (χ3v) is 3.01. The molecule has 2 atom stereocenters. The van der Waals surface area contributed by atoms with E-state index in [-0.39, 0.29) is 5.92 Å². The van der Waals surface area contributed by atoms with E-state index in [0.717, 1.165) is 25.1 Å². The SMILES string of the molecule is Cc1nccn1C1CCC(C(=O)O)C1. The highest BCUT2D eigenvalue weighted by atomic mass is 16.4. The van der Waals surface area contributed by atoms with Gasteiger partial charge in [0.25, 0.3) is 0 Å². The van der Waals surface area contributed by atoms with Crippen LogP contribution in [0.15, 0.2) is 12.4 Å². The van der Waals surface area contributed by atoms with Crippen LogP contribution in [0, 0.1) is 12.8 Å². The van der Waals surface area contributed by atoms with E-state index in [1.807, 2.05) is 13.1 Å². The third kappa shape index (κ3) is 1.52. The molecule has 4 nitrogen and oxygen atoms in total. The molecule has 0 radical (unpaired) electrons. The molecule has 2 unspecified atom stereocenters. The number of rotatable bonds is 2. The van der Waals surface area contributed by atoms with Crippen molar-refractivity contribution in [1.82, 2.24) is 9.55 Å². The van der Waals surface area contributed by atoms with Gasteiger partial charge in [0.15, 0.2) is 0 Å². The zero-order valence-corrected chi connectivity index (χ0v) is 8.18. The molecule has 1 aliphatic rings. The first-order valence-corrected chi connectivity index (χ1v) is 4.90. The molecular weight excluding hydrogens is 180 g/mol. The van der Waals surface area contributed by atoms with Gasteiger partial charge in [0, 0.05) is 18.4 Å². The zero-order chi connectivity index (χ0) is 10.1. The highest BCUT2D eigenvalue weighted by molar-refractivity contribution is 5.70. The molecule has 1 heterocycles. The summed E-state index contributed by atoms with van der Waals surface area (Å²) >= 11 is 0. The zero-order valence-electron chi connectivity index (χ0n) is 8.18. The Balaban J connectivity index is 2.10. The maximum Gasteiger partial charge on any atom is 0.306 e. The number of carbonyl (C=O) groups is 1. The number of imidazole rings is 1. The minimum atomic E-state index is -0.662. The van der Waals surface area contributed by atoms with E-state index in [1.165, 1.54) is 0 Å². The maximum atomic E-state index is 10.8. The van der Waals surface area contributed by atoms with Crippen LogP contribution in [0.2, 0.25) is 0 Å². The van der Waals surface area contributed by atoms with Crippen molar-refractivity contribution < 1.29 is 9.90 Å². The van der Waals surface area contributed by atoms with Crippen LogP contribution in [0.4, 0.5) is 0 Å². The lowest BCUT2D eigenvalue weighted by atomic mass is 10.1. The van der Waals surface area contributed by atoms with Crippen molar-refractivity contribution in [1.29, 1.82) is 0 Å². The second-order valence-electron chi connectivity index (χ2n) is 3.88. The topological polar surface area (TPSA) is 55.1 Å². The second kappa shape index (κ2) is 3.44. The Morgan fingerprint density at radius 3 is 2.93 bits per heavy atom. The van der Waals surface area contributed by atoms with Crippen molar-refractivity contribution >= 4 is 5.97 Å². The molecule has 14 heavy (non-hydrogen) atoms. The van der Waals surface area contributed by atoms with E-state index in [0.29, 0.717) is 6.04 Å². The van der Waals surface area contributed by atoms with Gasteiger partial charge in [-0.2, -0.15) is 0 Å². The highest BCUT2D eigenvalue weighted by Gasteiger charge is 2.30. The molecule has 2 rings (SSSR count). The van der Waals surface area contributed by atoms with Crippen LogP contribution < -0.4 is 0 Å². The Hall–Kier alpha value is -1.32. The summed E-state index contributed by atoms with van der Waals surface area (Å²) in [4.78, 5) is 14.9. The van der Waals surface area contributed by atoms with E-state index < -0.39 is 5.97 Å². The number of carboxylic acids is 1. The standard InChI is InChI=1S/C10H14N2O2/c1-7-11-4-5-12(7)9-3-2-8(6-9)10(13)14/h4-5,8-9H,2-3,6H2,1H3,(H,13,14). The first-order valence-electron chi connectivity index (χ1n) is 4.90. The lowest BCUT2D eigenvalue weighted by molar-refractivity contribution is -0.141. The molecule has 1 saturated carbocycles. The fraction of sp³-hybridized carbons (Fsp3) is 0.600. The van der Waals surface area contributed by atoms with E-state index in [4.69, 9.17) is 5.11 Å². The number of aliphatic carboxylic acids is 1. The molecule has 1 N–H and O–H groups in total. The third-order valence-electron chi connectivity index (χ3n) is 3.01. The molecule has 76 valence electrons. The number of hydrogen-bond donors (Lipinski definition) is 1. The van der Waals surface area contributed by atoms with Gasteiger partial charge in [-0.15, -0.1) is 0 Å². The normalized spacial score (nSPS) is 26.6. The van der Waals surface area contributed by atoms with Crippen LogP contribution in [0.3, 0.4) is 0 Å². The van der Waals surface area contributed by atoms with Crippen LogP contribution in [0.25, 0.3) is 0 Å². The van der Waals surface area contributed by atoms with Gasteiger partial charge >= 0.3 is 5.97 Å². The van der Waals surface area contributed by atoms with Crippen molar-refractivity contribution in [3.05, 3.63) is 18.2 Å². The quantitative estimate of drug-likeness (QED) is 0.778. The Morgan fingerprint density at radius 2 is 2.43 bits per heavy atom. The molecule has 0 amide bonds. The highest BCUT2D eigenvalue weighted by Crippen LogP contribution is 2.35. The molecule has 0 spiro atoms. The molecule has 0 saturated heterocycles. The Bertz CT molecular complexity index is 346. The minimum absolute atomic E-state index is 0.165. The summed E-state index contributed by atoms with van der Waals surface area (Å²) in [5.41, 5.74) is 0. The summed E-state index contributed by atoms with van der Waals surface area (Å²) in [5, 5.41) is 8.87. The van der Waals surface area contributed by atoms with E-state index in [1.54, 1.807) is 6.20 Å². The minimum Gasteiger partial charge on any atom is -0.481 e. The van der Waals surface area contributed by atoms with E-state index in [2.05, 4.69) is 9.55 Å². The fourth-order valence-electron chi connectivity index (χ4n) is 2.21. The van der Waals surface area contributed by atoms with Crippen LogP contribution in [-0.2, 0) is 4.79 Å². The monoisotopic (exact) mass is 194 g/mol. The maximum absolute atomic E-state index is 10.8. The molecule has 1 aromatic rings. The molecule has 0 aliphatic heterocycles. The van der Waals surface area contributed by atoms with Gasteiger partial charge in [-0.05, 0) is 26.2 Å². The average molecular weight is 194 g/mol. The summed E-state index contributed by atoms with van der Waals surface area (Å²) in [6.07, 6.45) is 6.19. The Labute approximate surface area is 82.6 Å². The summed E-state index contributed by atoms with van der Waals surface area (Å²) < 4.78 is 2.09. The van der Waals surface area contributed by atoms with Crippen molar-refractivity contribution in [3.8, 4) is 0 Å². The molecule has 1 fully saturated rings. The number of hydrogen-bond acceptors (Lipinski definition) is 2. The second-order valence-corrected chi connectivity index (χ2v) is 3.88. The molecule has 0 bridgehead atoms. The first kappa shape index (κ1) is 9.24. The number of aryl methyl sites for hydroxylation is 1. The van der Waals surface area contributed by atoms with Crippen LogP contribution >= 0.6 is 0 Å². The molecule has 4 heteroatoms. The average Bonchev–Trinajstić information content (AvgIpc) is 2.71.